The van der Waals surface area contributed by atoms with Crippen LogP contribution >= 0.6 is 11.8 Å². The highest BCUT2D eigenvalue weighted by Gasteiger charge is 2.49. The van der Waals surface area contributed by atoms with Crippen LogP contribution in [-0.4, -0.2) is 55.4 Å². The molecule has 0 bridgehead atoms. The molecule has 160 valence electrons. The van der Waals surface area contributed by atoms with Gasteiger partial charge in [0.1, 0.15) is 0 Å². The van der Waals surface area contributed by atoms with Crippen molar-refractivity contribution in [2.45, 2.75) is 52.3 Å². The summed E-state index contributed by atoms with van der Waals surface area (Å²) < 4.78 is 24.5. The van der Waals surface area contributed by atoms with Gasteiger partial charge in [-0.1, -0.05) is 25.6 Å². The van der Waals surface area contributed by atoms with E-state index in [1.54, 1.807) is 0 Å². The summed E-state index contributed by atoms with van der Waals surface area (Å²) in [4.78, 5) is 21.2. The van der Waals surface area contributed by atoms with E-state index in [0.29, 0.717) is 5.17 Å². The first-order valence-corrected chi connectivity index (χ1v) is 13.0. The molecule has 0 spiro atoms. The molecule has 0 aliphatic carbocycles. The zero-order chi connectivity index (χ0) is 21.3. The lowest BCUT2D eigenvalue weighted by Gasteiger charge is -2.28. The molecule has 1 aromatic rings. The Morgan fingerprint density at radius 2 is 1.97 bits per heavy atom. The lowest BCUT2D eigenvalue weighted by atomic mass is 10.1. The van der Waals surface area contributed by atoms with E-state index in [1.165, 1.54) is 11.8 Å². The van der Waals surface area contributed by atoms with E-state index in [9.17, 15) is 13.2 Å². The number of hydrogen-bond donors (Lipinski definition) is 0. The number of aryl methyl sites for hydroxylation is 1. The minimum atomic E-state index is -3.07. The van der Waals surface area contributed by atoms with Gasteiger partial charge in [-0.15, -0.1) is 0 Å². The average molecular weight is 438 g/mol. The number of carbonyl (C=O) groups is 1. The molecule has 1 aromatic carbocycles. The predicted molar refractivity (Wildman–Crippen MR) is 123 cm³/mol. The Balaban J connectivity index is 2.02. The molecule has 0 radical (unpaired) electrons. The van der Waals surface area contributed by atoms with Crippen molar-refractivity contribution in [3.8, 4) is 0 Å². The maximum atomic E-state index is 12.5. The van der Waals surface area contributed by atoms with E-state index in [2.05, 4.69) is 35.9 Å². The monoisotopic (exact) mass is 437 g/mol. The number of carbonyl (C=O) groups excluding carboxylic acids is 1. The second kappa shape index (κ2) is 8.68. The Hall–Kier alpha value is -1.54. The Bertz CT molecular complexity index is 910. The van der Waals surface area contributed by atoms with Crippen molar-refractivity contribution >= 4 is 44.0 Å². The van der Waals surface area contributed by atoms with E-state index in [1.807, 2.05) is 31.7 Å². The van der Waals surface area contributed by atoms with E-state index < -0.39 is 9.84 Å². The third-order valence-corrected chi connectivity index (χ3v) is 9.08. The van der Waals surface area contributed by atoms with E-state index in [0.717, 1.165) is 36.4 Å². The van der Waals surface area contributed by atoms with Gasteiger partial charge in [0.05, 0.1) is 17.5 Å². The smallest absolute Gasteiger partial charge is 0.250 e. The van der Waals surface area contributed by atoms with Crippen molar-refractivity contribution in [1.82, 2.24) is 0 Å². The van der Waals surface area contributed by atoms with Gasteiger partial charge in [0, 0.05) is 35.6 Å². The molecular formula is C21H31N3O3S2. The summed E-state index contributed by atoms with van der Waals surface area (Å²) in [5.74, 6) is -0.0229. The summed E-state index contributed by atoms with van der Waals surface area (Å²) in [7, 11) is -3.07. The van der Waals surface area contributed by atoms with Crippen molar-refractivity contribution in [2.75, 3.05) is 34.4 Å². The number of aliphatic imine (C=N–C) groups is 1. The van der Waals surface area contributed by atoms with Crippen LogP contribution in [0.5, 0.6) is 0 Å². The van der Waals surface area contributed by atoms with Crippen molar-refractivity contribution in [3.05, 3.63) is 23.8 Å². The fourth-order valence-corrected chi connectivity index (χ4v) is 7.83. The second-order valence-corrected chi connectivity index (χ2v) is 11.2. The summed E-state index contributed by atoms with van der Waals surface area (Å²) in [5, 5.41) is 0.559. The minimum Gasteiger partial charge on any atom is -0.372 e. The normalized spacial score (nSPS) is 25.3. The number of rotatable bonds is 6. The van der Waals surface area contributed by atoms with Crippen LogP contribution in [-0.2, 0) is 14.6 Å². The number of anilines is 2. The van der Waals surface area contributed by atoms with Gasteiger partial charge in [0.15, 0.2) is 15.0 Å². The van der Waals surface area contributed by atoms with Gasteiger partial charge in [-0.05, 0) is 51.0 Å². The third kappa shape index (κ3) is 4.48. The molecule has 0 saturated carbocycles. The predicted octanol–water partition coefficient (Wildman–Crippen LogP) is 3.49. The molecule has 6 nitrogen and oxygen atoms in total. The molecule has 1 amide bonds. The SMILES string of the molecule is CC[C@H](C)C(=O)N=C1S[C@H]2CS(=O)(=O)C[C@H]2N1c1ccc(N(CC)CC)cc1C. The van der Waals surface area contributed by atoms with Gasteiger partial charge in [0.25, 0.3) is 5.91 Å². The lowest BCUT2D eigenvalue weighted by molar-refractivity contribution is -0.121. The third-order valence-electron chi connectivity index (χ3n) is 5.87. The highest BCUT2D eigenvalue weighted by atomic mass is 32.2. The van der Waals surface area contributed by atoms with Gasteiger partial charge in [-0.2, -0.15) is 4.99 Å². The fourth-order valence-electron chi connectivity index (χ4n) is 3.92. The Kier molecular flexibility index (Phi) is 6.63. The molecule has 0 unspecified atom stereocenters. The Labute approximate surface area is 178 Å². The maximum Gasteiger partial charge on any atom is 0.250 e. The van der Waals surface area contributed by atoms with Crippen molar-refractivity contribution in [2.24, 2.45) is 10.9 Å². The first-order valence-electron chi connectivity index (χ1n) is 10.3. The van der Waals surface area contributed by atoms with Gasteiger partial charge < -0.3 is 9.80 Å². The molecule has 2 fully saturated rings. The number of hydrogen-bond acceptors (Lipinski definition) is 5. The van der Waals surface area contributed by atoms with Crippen LogP contribution in [0.4, 0.5) is 11.4 Å². The van der Waals surface area contributed by atoms with E-state index in [-0.39, 0.29) is 34.6 Å². The molecule has 2 aliphatic rings. The zero-order valence-electron chi connectivity index (χ0n) is 17.9. The number of sulfone groups is 1. The van der Waals surface area contributed by atoms with Gasteiger partial charge >= 0.3 is 0 Å². The van der Waals surface area contributed by atoms with Crippen LogP contribution in [0, 0.1) is 12.8 Å². The quantitative estimate of drug-likeness (QED) is 0.679. The molecule has 2 saturated heterocycles. The van der Waals surface area contributed by atoms with Gasteiger partial charge in [0.2, 0.25) is 0 Å². The van der Waals surface area contributed by atoms with Gasteiger partial charge in [-0.25, -0.2) is 8.42 Å². The number of fused-ring (bicyclic) bond motifs is 1. The van der Waals surface area contributed by atoms with Crippen LogP contribution in [0.25, 0.3) is 0 Å². The van der Waals surface area contributed by atoms with Crippen LogP contribution in [0.2, 0.25) is 0 Å². The number of thioether (sulfide) groups is 1. The molecule has 8 heteroatoms. The van der Waals surface area contributed by atoms with Crippen molar-refractivity contribution in [1.29, 1.82) is 0 Å². The zero-order valence-corrected chi connectivity index (χ0v) is 19.5. The number of nitrogens with zero attached hydrogens (tertiary/aromatic N) is 3. The van der Waals surface area contributed by atoms with Crippen LogP contribution in [0.15, 0.2) is 23.2 Å². The minimum absolute atomic E-state index is 0.0784. The van der Waals surface area contributed by atoms with Crippen molar-refractivity contribution < 1.29 is 13.2 Å². The Morgan fingerprint density at radius 3 is 2.55 bits per heavy atom. The molecule has 0 N–H and O–H groups in total. The van der Waals surface area contributed by atoms with E-state index >= 15 is 0 Å². The summed E-state index contributed by atoms with van der Waals surface area (Å²) >= 11 is 1.44. The average Bonchev–Trinajstić information content (AvgIpc) is 3.13. The number of amides is 1. The molecule has 3 atom stereocenters. The van der Waals surface area contributed by atoms with Gasteiger partial charge in [-0.3, -0.25) is 4.79 Å². The van der Waals surface area contributed by atoms with Crippen molar-refractivity contribution in [3.63, 3.8) is 0 Å². The summed E-state index contributed by atoms with van der Waals surface area (Å²) in [6, 6.07) is 6.08. The topological polar surface area (TPSA) is 70.0 Å². The fraction of sp³-hybridized carbons (Fsp3) is 0.619. The largest absolute Gasteiger partial charge is 0.372 e. The summed E-state index contributed by atoms with van der Waals surface area (Å²) in [6.45, 7) is 12.0. The van der Waals surface area contributed by atoms with Crippen LogP contribution < -0.4 is 9.80 Å². The molecular weight excluding hydrogens is 406 g/mol. The standard InChI is InChI=1S/C21H31N3O3S2/c1-6-14(4)20(25)22-21-24(18-12-29(26,27)13-19(18)28-21)17-10-9-16(11-15(17)5)23(7-2)8-3/h9-11,14,18-19H,6-8,12-13H2,1-5H3/t14-,18+,19-/m0/s1. The van der Waals surface area contributed by atoms with Crippen LogP contribution in [0.3, 0.4) is 0 Å². The molecule has 0 aromatic heterocycles. The maximum absolute atomic E-state index is 12.5. The number of amidine groups is 1. The highest BCUT2D eigenvalue weighted by molar-refractivity contribution is 8.16. The number of benzene rings is 1. The van der Waals surface area contributed by atoms with E-state index in [4.69, 9.17) is 0 Å². The molecule has 29 heavy (non-hydrogen) atoms. The second-order valence-electron chi connectivity index (χ2n) is 7.86. The van der Waals surface area contributed by atoms with Crippen LogP contribution in [0.1, 0.15) is 39.7 Å². The Morgan fingerprint density at radius 1 is 1.28 bits per heavy atom. The highest BCUT2D eigenvalue weighted by Crippen LogP contribution is 2.42. The lowest BCUT2D eigenvalue weighted by Crippen LogP contribution is -2.38. The molecule has 3 rings (SSSR count). The first kappa shape index (κ1) is 22.2. The molecule has 2 heterocycles. The summed E-state index contributed by atoms with van der Waals surface area (Å²) in [5.41, 5.74) is 3.14. The molecule has 2 aliphatic heterocycles. The summed E-state index contributed by atoms with van der Waals surface area (Å²) in [6.07, 6.45) is 0.735. The first-order chi connectivity index (χ1) is 13.7.